The Labute approximate surface area is 119 Å². The highest BCUT2D eigenvalue weighted by atomic mass is 32.2. The van der Waals surface area contributed by atoms with Gasteiger partial charge in [0.2, 0.25) is 0 Å². The molecule has 0 radical (unpaired) electrons. The molecule has 1 saturated heterocycles. The zero-order chi connectivity index (χ0) is 13.3. The highest BCUT2D eigenvalue weighted by molar-refractivity contribution is 7.98. The zero-order valence-corrected chi connectivity index (χ0v) is 12.4. The molecule has 1 aliphatic rings. The van der Waals surface area contributed by atoms with Crippen LogP contribution in [-0.2, 0) is 11.3 Å². The van der Waals surface area contributed by atoms with Gasteiger partial charge in [-0.1, -0.05) is 0 Å². The van der Waals surface area contributed by atoms with Crippen molar-refractivity contribution < 1.29 is 4.74 Å². The van der Waals surface area contributed by atoms with Crippen LogP contribution in [0.4, 0.5) is 0 Å². The first-order valence-electron chi connectivity index (χ1n) is 7.02. The van der Waals surface area contributed by atoms with Crippen molar-refractivity contribution in [2.24, 2.45) is 5.92 Å². The minimum Gasteiger partial charge on any atom is -0.375 e. The predicted octanol–water partition coefficient (Wildman–Crippen LogP) is 2.49. The summed E-state index contributed by atoms with van der Waals surface area (Å²) < 4.78 is 5.72. The van der Waals surface area contributed by atoms with E-state index in [-0.39, 0.29) is 0 Å². The highest BCUT2D eigenvalue weighted by Crippen LogP contribution is 2.17. The second kappa shape index (κ2) is 8.51. The second-order valence-electron chi connectivity index (χ2n) is 4.92. The van der Waals surface area contributed by atoms with Gasteiger partial charge in [0.1, 0.15) is 5.03 Å². The summed E-state index contributed by atoms with van der Waals surface area (Å²) in [4.78, 5) is 8.60. The summed E-state index contributed by atoms with van der Waals surface area (Å²) in [5.74, 6) is 0.843. The molecule has 0 bridgehead atoms. The van der Waals surface area contributed by atoms with E-state index < -0.39 is 0 Å². The molecule has 1 aromatic heterocycles. The summed E-state index contributed by atoms with van der Waals surface area (Å²) in [5, 5.41) is 4.43. The maximum atomic E-state index is 5.72. The molecular weight excluding hydrogens is 258 g/mol. The number of nitrogens with one attached hydrogen (secondary N) is 1. The van der Waals surface area contributed by atoms with Crippen molar-refractivity contribution in [3.63, 3.8) is 0 Å². The summed E-state index contributed by atoms with van der Waals surface area (Å²) in [6.07, 6.45) is 10.6. The van der Waals surface area contributed by atoms with Gasteiger partial charge in [-0.15, -0.1) is 11.8 Å². The summed E-state index contributed by atoms with van der Waals surface area (Å²) in [6, 6.07) is 0. The van der Waals surface area contributed by atoms with Crippen LogP contribution in [-0.4, -0.2) is 35.9 Å². The van der Waals surface area contributed by atoms with Crippen LogP contribution in [0.1, 0.15) is 31.4 Å². The first-order valence-corrected chi connectivity index (χ1v) is 8.25. The standard InChI is InChI=1S/C14H23N3OS/c1-19-14-13(16-7-8-17-14)11-18-9-3-5-12-4-2-6-15-10-12/h7-8,12,15H,2-6,9-11H2,1H3/t12-/m1/s1. The summed E-state index contributed by atoms with van der Waals surface area (Å²) in [6.45, 7) is 3.77. The molecule has 0 unspecified atom stereocenters. The third-order valence-electron chi connectivity index (χ3n) is 3.47. The molecule has 1 fully saturated rings. The third-order valence-corrected chi connectivity index (χ3v) is 4.20. The minimum absolute atomic E-state index is 0.576. The maximum absolute atomic E-state index is 5.72. The van der Waals surface area contributed by atoms with Crippen molar-refractivity contribution in [1.82, 2.24) is 15.3 Å². The van der Waals surface area contributed by atoms with Crippen molar-refractivity contribution >= 4 is 11.8 Å². The zero-order valence-electron chi connectivity index (χ0n) is 11.6. The van der Waals surface area contributed by atoms with E-state index in [4.69, 9.17) is 4.74 Å². The average Bonchev–Trinajstić information content (AvgIpc) is 2.48. The molecule has 0 aromatic carbocycles. The Kier molecular flexibility index (Phi) is 6.61. The van der Waals surface area contributed by atoms with Gasteiger partial charge < -0.3 is 10.1 Å². The van der Waals surface area contributed by atoms with Crippen molar-refractivity contribution in [2.45, 2.75) is 37.3 Å². The van der Waals surface area contributed by atoms with E-state index in [1.165, 1.54) is 32.4 Å². The van der Waals surface area contributed by atoms with Crippen LogP contribution in [0.15, 0.2) is 17.4 Å². The molecule has 1 aromatic rings. The topological polar surface area (TPSA) is 47.0 Å². The Morgan fingerprint density at radius 3 is 3.11 bits per heavy atom. The van der Waals surface area contributed by atoms with Gasteiger partial charge in [-0.25, -0.2) is 4.98 Å². The number of piperidine rings is 1. The van der Waals surface area contributed by atoms with Crippen LogP contribution in [0.25, 0.3) is 0 Å². The molecule has 2 rings (SSSR count). The Morgan fingerprint density at radius 1 is 1.42 bits per heavy atom. The first kappa shape index (κ1) is 14.8. The van der Waals surface area contributed by atoms with Crippen LogP contribution in [0.3, 0.4) is 0 Å². The molecule has 0 saturated carbocycles. The summed E-state index contributed by atoms with van der Waals surface area (Å²) >= 11 is 1.62. The molecule has 1 atom stereocenters. The molecule has 1 aliphatic heterocycles. The molecule has 1 N–H and O–H groups in total. The average molecular weight is 281 g/mol. The van der Waals surface area contributed by atoms with E-state index in [0.717, 1.165) is 29.7 Å². The van der Waals surface area contributed by atoms with Gasteiger partial charge in [0, 0.05) is 19.0 Å². The fourth-order valence-electron chi connectivity index (χ4n) is 2.44. The van der Waals surface area contributed by atoms with Crippen LogP contribution < -0.4 is 5.32 Å². The maximum Gasteiger partial charge on any atom is 0.120 e. The van der Waals surface area contributed by atoms with Gasteiger partial charge in [-0.05, 0) is 50.9 Å². The molecule has 2 heterocycles. The van der Waals surface area contributed by atoms with E-state index >= 15 is 0 Å². The number of aromatic nitrogens is 2. The fourth-order valence-corrected chi connectivity index (χ4v) is 2.95. The Morgan fingerprint density at radius 2 is 2.32 bits per heavy atom. The number of nitrogens with zero attached hydrogens (tertiary/aromatic N) is 2. The predicted molar refractivity (Wildman–Crippen MR) is 78.3 cm³/mol. The molecule has 0 spiro atoms. The molecular formula is C14H23N3OS. The van der Waals surface area contributed by atoms with Gasteiger partial charge in [-0.3, -0.25) is 4.98 Å². The highest BCUT2D eigenvalue weighted by Gasteiger charge is 2.12. The lowest BCUT2D eigenvalue weighted by Crippen LogP contribution is -2.29. The van der Waals surface area contributed by atoms with Gasteiger partial charge in [0.15, 0.2) is 0 Å². The van der Waals surface area contributed by atoms with Crippen molar-refractivity contribution in [2.75, 3.05) is 26.0 Å². The number of hydrogen-bond acceptors (Lipinski definition) is 5. The minimum atomic E-state index is 0.576. The second-order valence-corrected chi connectivity index (χ2v) is 5.71. The number of thioether (sulfide) groups is 1. The number of rotatable bonds is 7. The lowest BCUT2D eigenvalue weighted by atomic mass is 9.95. The van der Waals surface area contributed by atoms with E-state index in [2.05, 4.69) is 15.3 Å². The molecule has 4 nitrogen and oxygen atoms in total. The molecule has 0 amide bonds. The van der Waals surface area contributed by atoms with Gasteiger partial charge in [-0.2, -0.15) is 0 Å². The number of hydrogen-bond donors (Lipinski definition) is 1. The number of ether oxygens (including phenoxy) is 1. The van der Waals surface area contributed by atoms with E-state index in [1.54, 1.807) is 24.2 Å². The van der Waals surface area contributed by atoms with Crippen molar-refractivity contribution in [1.29, 1.82) is 0 Å². The lowest BCUT2D eigenvalue weighted by molar-refractivity contribution is 0.108. The summed E-state index contributed by atoms with van der Waals surface area (Å²) in [5.41, 5.74) is 0.953. The largest absolute Gasteiger partial charge is 0.375 e. The van der Waals surface area contributed by atoms with E-state index in [9.17, 15) is 0 Å². The Hall–Kier alpha value is -0.650. The molecule has 5 heteroatoms. The lowest BCUT2D eigenvalue weighted by Gasteiger charge is -2.22. The van der Waals surface area contributed by atoms with Crippen molar-refractivity contribution in [3.05, 3.63) is 18.1 Å². The van der Waals surface area contributed by atoms with Crippen LogP contribution >= 0.6 is 11.8 Å². The smallest absolute Gasteiger partial charge is 0.120 e. The fraction of sp³-hybridized carbons (Fsp3) is 0.714. The molecule has 106 valence electrons. The molecule has 19 heavy (non-hydrogen) atoms. The molecule has 0 aliphatic carbocycles. The van der Waals surface area contributed by atoms with Gasteiger partial charge in [0.05, 0.1) is 12.3 Å². The van der Waals surface area contributed by atoms with Gasteiger partial charge >= 0.3 is 0 Å². The Bertz CT molecular complexity index is 369. The van der Waals surface area contributed by atoms with E-state index in [0.29, 0.717) is 6.61 Å². The monoisotopic (exact) mass is 281 g/mol. The van der Waals surface area contributed by atoms with E-state index in [1.807, 2.05) is 6.26 Å². The van der Waals surface area contributed by atoms with Gasteiger partial charge in [0.25, 0.3) is 0 Å². The quantitative estimate of drug-likeness (QED) is 0.614. The van der Waals surface area contributed by atoms with Crippen LogP contribution in [0, 0.1) is 5.92 Å². The van der Waals surface area contributed by atoms with Crippen molar-refractivity contribution in [3.8, 4) is 0 Å². The SMILES string of the molecule is CSc1nccnc1COCCC[C@H]1CCCNC1. The summed E-state index contributed by atoms with van der Waals surface area (Å²) in [7, 11) is 0. The Balaban J connectivity index is 1.61. The normalized spacial score (nSPS) is 19.5. The first-order chi connectivity index (χ1) is 9.40. The van der Waals surface area contributed by atoms with Crippen LogP contribution in [0.5, 0.6) is 0 Å². The van der Waals surface area contributed by atoms with Crippen LogP contribution in [0.2, 0.25) is 0 Å². The third kappa shape index (κ3) is 5.09.